The van der Waals surface area contributed by atoms with E-state index in [9.17, 15) is 9.59 Å². The topological polar surface area (TPSA) is 79.0 Å². The highest BCUT2D eigenvalue weighted by Gasteiger charge is 2.20. The summed E-state index contributed by atoms with van der Waals surface area (Å²) in [4.78, 5) is 40.4. The molecular formula is C20H22N4O2S. The third kappa shape index (κ3) is 3.78. The number of carbonyl (C=O) groups is 1. The van der Waals surface area contributed by atoms with Crippen molar-refractivity contribution in [1.82, 2.24) is 19.9 Å². The first-order chi connectivity index (χ1) is 13.1. The molecule has 4 rings (SSSR count). The van der Waals surface area contributed by atoms with Crippen molar-refractivity contribution in [3.63, 3.8) is 0 Å². The van der Waals surface area contributed by atoms with E-state index in [4.69, 9.17) is 0 Å². The van der Waals surface area contributed by atoms with Gasteiger partial charge in [-0.1, -0.05) is 6.07 Å². The van der Waals surface area contributed by atoms with E-state index in [0.29, 0.717) is 25.2 Å². The third-order valence-corrected chi connectivity index (χ3v) is 6.20. The highest BCUT2D eigenvalue weighted by molar-refractivity contribution is 7.18. The maximum Gasteiger partial charge on any atom is 0.259 e. The lowest BCUT2D eigenvalue weighted by molar-refractivity contribution is -0.130. The zero-order valence-electron chi connectivity index (χ0n) is 15.3. The summed E-state index contributed by atoms with van der Waals surface area (Å²) in [6, 6.07) is 3.81. The fourth-order valence-corrected chi connectivity index (χ4v) is 4.88. The van der Waals surface area contributed by atoms with Gasteiger partial charge in [-0.25, -0.2) is 4.98 Å². The molecule has 0 saturated carbocycles. The van der Waals surface area contributed by atoms with Crippen LogP contribution in [0.5, 0.6) is 0 Å². The lowest BCUT2D eigenvalue weighted by atomic mass is 9.97. The Kier molecular flexibility index (Phi) is 5.03. The number of aryl methyl sites for hydroxylation is 3. The molecular weight excluding hydrogens is 360 g/mol. The molecule has 0 bridgehead atoms. The van der Waals surface area contributed by atoms with Crippen molar-refractivity contribution in [3.8, 4) is 0 Å². The average Bonchev–Trinajstić information content (AvgIpc) is 3.05. The SMILES string of the molecule is CN(Cc1cccnc1)C(=O)CCc1nc2sc3c(c2c(=O)[nH]1)CCCC3. The number of aromatic amines is 1. The van der Waals surface area contributed by atoms with Gasteiger partial charge in [0, 0.05) is 43.7 Å². The van der Waals surface area contributed by atoms with E-state index in [2.05, 4.69) is 15.0 Å². The van der Waals surface area contributed by atoms with E-state index >= 15 is 0 Å². The molecule has 3 aromatic rings. The molecule has 27 heavy (non-hydrogen) atoms. The van der Waals surface area contributed by atoms with Crippen molar-refractivity contribution in [2.24, 2.45) is 0 Å². The summed E-state index contributed by atoms with van der Waals surface area (Å²) < 4.78 is 0. The molecule has 1 N–H and O–H groups in total. The zero-order chi connectivity index (χ0) is 18.8. The fourth-order valence-electron chi connectivity index (χ4n) is 3.60. The van der Waals surface area contributed by atoms with E-state index in [1.54, 1.807) is 35.7 Å². The smallest absolute Gasteiger partial charge is 0.259 e. The molecule has 140 valence electrons. The minimum Gasteiger partial charge on any atom is -0.341 e. The van der Waals surface area contributed by atoms with E-state index in [1.807, 2.05) is 12.1 Å². The van der Waals surface area contributed by atoms with Gasteiger partial charge in [0.2, 0.25) is 5.91 Å². The van der Waals surface area contributed by atoms with Crippen molar-refractivity contribution >= 4 is 27.5 Å². The maximum absolute atomic E-state index is 12.6. The van der Waals surface area contributed by atoms with Crippen LogP contribution in [-0.4, -0.2) is 32.8 Å². The molecule has 7 heteroatoms. The van der Waals surface area contributed by atoms with Crippen molar-refractivity contribution in [3.05, 3.63) is 56.7 Å². The van der Waals surface area contributed by atoms with Crippen molar-refractivity contribution in [2.45, 2.75) is 45.1 Å². The Labute approximate surface area is 161 Å². The van der Waals surface area contributed by atoms with Gasteiger partial charge in [0.15, 0.2) is 0 Å². The second-order valence-corrected chi connectivity index (χ2v) is 8.10. The third-order valence-electron chi connectivity index (χ3n) is 5.02. The Hall–Kier alpha value is -2.54. The van der Waals surface area contributed by atoms with Crippen LogP contribution in [0.2, 0.25) is 0 Å². The van der Waals surface area contributed by atoms with Crippen LogP contribution in [0, 0.1) is 0 Å². The van der Waals surface area contributed by atoms with Gasteiger partial charge >= 0.3 is 0 Å². The zero-order valence-corrected chi connectivity index (χ0v) is 16.1. The molecule has 1 amide bonds. The number of hydrogen-bond donors (Lipinski definition) is 1. The molecule has 6 nitrogen and oxygen atoms in total. The van der Waals surface area contributed by atoms with Crippen LogP contribution in [0.4, 0.5) is 0 Å². The van der Waals surface area contributed by atoms with Crippen LogP contribution >= 0.6 is 11.3 Å². The van der Waals surface area contributed by atoms with E-state index in [-0.39, 0.29) is 11.5 Å². The van der Waals surface area contributed by atoms with Crippen LogP contribution in [0.3, 0.4) is 0 Å². The van der Waals surface area contributed by atoms with Gasteiger partial charge < -0.3 is 9.88 Å². The Morgan fingerprint density at radius 1 is 1.33 bits per heavy atom. The van der Waals surface area contributed by atoms with Crippen molar-refractivity contribution < 1.29 is 4.79 Å². The first-order valence-electron chi connectivity index (χ1n) is 9.28. The summed E-state index contributed by atoms with van der Waals surface area (Å²) in [6.07, 6.45) is 8.56. The quantitative estimate of drug-likeness (QED) is 0.736. The molecule has 0 radical (unpaired) electrons. The summed E-state index contributed by atoms with van der Waals surface area (Å²) >= 11 is 1.64. The lowest BCUT2D eigenvalue weighted by Crippen LogP contribution is -2.27. The number of thiophene rings is 1. The summed E-state index contributed by atoms with van der Waals surface area (Å²) in [5, 5.41) is 0.762. The molecule has 3 heterocycles. The van der Waals surface area contributed by atoms with Crippen LogP contribution in [0.1, 0.15) is 41.1 Å². The van der Waals surface area contributed by atoms with Gasteiger partial charge in [-0.15, -0.1) is 11.3 Å². The van der Waals surface area contributed by atoms with Crippen LogP contribution < -0.4 is 5.56 Å². The molecule has 0 saturated heterocycles. The maximum atomic E-state index is 12.6. The molecule has 0 aromatic carbocycles. The highest BCUT2D eigenvalue weighted by atomic mass is 32.1. The minimum atomic E-state index is -0.0643. The predicted octanol–water partition coefficient (Wildman–Crippen LogP) is 2.85. The second kappa shape index (κ2) is 7.60. The van der Waals surface area contributed by atoms with Crippen LogP contribution in [-0.2, 0) is 30.6 Å². The van der Waals surface area contributed by atoms with Crippen LogP contribution in [0.15, 0.2) is 29.3 Å². The predicted molar refractivity (Wildman–Crippen MR) is 106 cm³/mol. The minimum absolute atomic E-state index is 0.0204. The van der Waals surface area contributed by atoms with Gasteiger partial charge in [0.05, 0.1) is 5.39 Å². The van der Waals surface area contributed by atoms with E-state index in [0.717, 1.165) is 35.0 Å². The molecule has 0 atom stereocenters. The number of nitrogens with zero attached hydrogens (tertiary/aromatic N) is 3. The molecule has 1 aliphatic rings. The average molecular weight is 382 g/mol. The second-order valence-electron chi connectivity index (χ2n) is 7.01. The fraction of sp³-hybridized carbons (Fsp3) is 0.400. The molecule has 0 unspecified atom stereocenters. The number of pyridine rings is 1. The van der Waals surface area contributed by atoms with Gasteiger partial charge in [-0.05, 0) is 42.9 Å². The Morgan fingerprint density at radius 2 is 2.19 bits per heavy atom. The molecule has 1 aliphatic carbocycles. The number of H-pyrrole nitrogens is 1. The number of nitrogens with one attached hydrogen (secondary N) is 1. The summed E-state index contributed by atoms with van der Waals surface area (Å²) in [6.45, 7) is 0.521. The molecule has 0 fully saturated rings. The number of hydrogen-bond acceptors (Lipinski definition) is 5. The van der Waals surface area contributed by atoms with Gasteiger partial charge in [-0.2, -0.15) is 0 Å². The summed E-state index contributed by atoms with van der Waals surface area (Å²) in [7, 11) is 1.78. The first-order valence-corrected chi connectivity index (χ1v) is 10.1. The molecule has 0 spiro atoms. The number of fused-ring (bicyclic) bond motifs is 3. The van der Waals surface area contributed by atoms with E-state index in [1.165, 1.54) is 16.9 Å². The monoisotopic (exact) mass is 382 g/mol. The van der Waals surface area contributed by atoms with Gasteiger partial charge in [0.1, 0.15) is 10.7 Å². The Morgan fingerprint density at radius 3 is 3.00 bits per heavy atom. The van der Waals surface area contributed by atoms with Crippen molar-refractivity contribution in [2.75, 3.05) is 7.05 Å². The summed E-state index contributed by atoms with van der Waals surface area (Å²) in [5.41, 5.74) is 2.12. The number of rotatable bonds is 5. The van der Waals surface area contributed by atoms with E-state index < -0.39 is 0 Å². The number of carbonyl (C=O) groups excluding carboxylic acids is 1. The molecule has 3 aromatic heterocycles. The summed E-state index contributed by atoms with van der Waals surface area (Å²) in [5.74, 6) is 0.612. The number of amides is 1. The normalized spacial score (nSPS) is 13.5. The van der Waals surface area contributed by atoms with Gasteiger partial charge in [-0.3, -0.25) is 14.6 Å². The van der Waals surface area contributed by atoms with Crippen molar-refractivity contribution in [1.29, 1.82) is 0 Å². The van der Waals surface area contributed by atoms with Gasteiger partial charge in [0.25, 0.3) is 5.56 Å². The van der Waals surface area contributed by atoms with Crippen LogP contribution in [0.25, 0.3) is 10.2 Å². The highest BCUT2D eigenvalue weighted by Crippen LogP contribution is 2.33. The first kappa shape index (κ1) is 17.9. The largest absolute Gasteiger partial charge is 0.341 e. The number of aromatic nitrogens is 3. The standard InChI is InChI=1S/C20H22N4O2S/c1-24(12-13-5-4-10-21-11-13)17(25)9-8-16-22-19(26)18-14-6-2-3-7-15(14)27-20(18)23-16/h4-5,10-11H,2-3,6-9,12H2,1H3,(H,22,23,26). The Bertz CT molecular complexity index is 1030. The molecule has 0 aliphatic heterocycles. The Balaban J connectivity index is 1.46. The lowest BCUT2D eigenvalue weighted by Gasteiger charge is -2.16.